The van der Waals surface area contributed by atoms with Gasteiger partial charge in [-0.15, -0.1) is 10.2 Å². The third kappa shape index (κ3) is 4.01. The molecule has 8 nitrogen and oxygen atoms in total. The molecule has 1 aliphatic rings. The zero-order chi connectivity index (χ0) is 16.3. The summed E-state index contributed by atoms with van der Waals surface area (Å²) in [4.78, 5) is 15.8. The van der Waals surface area contributed by atoms with Crippen molar-refractivity contribution >= 4 is 27.4 Å². The first-order valence-electron chi connectivity index (χ1n) is 7.04. The SMILES string of the molecule is O=C(Nc1ccc(NC2CCS(=O)(=O)C2)nn1)c1cccnc1. The number of nitrogens with one attached hydrogen (secondary N) is 2. The van der Waals surface area contributed by atoms with E-state index >= 15 is 0 Å². The highest BCUT2D eigenvalue weighted by Gasteiger charge is 2.27. The summed E-state index contributed by atoms with van der Waals surface area (Å²) in [6.07, 6.45) is 3.60. The van der Waals surface area contributed by atoms with E-state index in [1.165, 1.54) is 6.20 Å². The van der Waals surface area contributed by atoms with Crippen molar-refractivity contribution < 1.29 is 13.2 Å². The average molecular weight is 333 g/mol. The van der Waals surface area contributed by atoms with E-state index in [1.807, 2.05) is 0 Å². The number of hydrogen-bond donors (Lipinski definition) is 2. The zero-order valence-electron chi connectivity index (χ0n) is 12.1. The molecule has 0 spiro atoms. The molecule has 2 aromatic heterocycles. The van der Waals surface area contributed by atoms with Gasteiger partial charge in [-0.25, -0.2) is 8.42 Å². The molecule has 0 aliphatic carbocycles. The van der Waals surface area contributed by atoms with E-state index in [4.69, 9.17) is 0 Å². The summed E-state index contributed by atoms with van der Waals surface area (Å²) in [6, 6.07) is 6.42. The largest absolute Gasteiger partial charge is 0.365 e. The van der Waals surface area contributed by atoms with Crippen molar-refractivity contribution in [3.8, 4) is 0 Å². The molecule has 3 heterocycles. The number of carbonyl (C=O) groups is 1. The van der Waals surface area contributed by atoms with E-state index in [2.05, 4.69) is 25.8 Å². The molecule has 0 saturated carbocycles. The van der Waals surface area contributed by atoms with Crippen LogP contribution in [0, 0.1) is 0 Å². The summed E-state index contributed by atoms with van der Waals surface area (Å²) < 4.78 is 22.8. The topological polar surface area (TPSA) is 114 Å². The number of pyridine rings is 1. The van der Waals surface area contributed by atoms with Crippen molar-refractivity contribution in [2.45, 2.75) is 12.5 Å². The van der Waals surface area contributed by atoms with E-state index in [0.29, 0.717) is 23.6 Å². The molecule has 1 aliphatic heterocycles. The van der Waals surface area contributed by atoms with Gasteiger partial charge in [0.25, 0.3) is 5.91 Å². The maximum absolute atomic E-state index is 11.9. The van der Waals surface area contributed by atoms with Crippen molar-refractivity contribution in [2.24, 2.45) is 0 Å². The van der Waals surface area contributed by atoms with E-state index in [-0.39, 0.29) is 23.5 Å². The highest BCUT2D eigenvalue weighted by Crippen LogP contribution is 2.16. The van der Waals surface area contributed by atoms with Crippen LogP contribution < -0.4 is 10.6 Å². The van der Waals surface area contributed by atoms with Gasteiger partial charge in [0, 0.05) is 18.4 Å². The maximum atomic E-state index is 11.9. The molecule has 2 aromatic rings. The predicted molar refractivity (Wildman–Crippen MR) is 84.9 cm³/mol. The van der Waals surface area contributed by atoms with Crippen molar-refractivity contribution in [1.29, 1.82) is 0 Å². The monoisotopic (exact) mass is 333 g/mol. The number of hydrogen-bond acceptors (Lipinski definition) is 7. The lowest BCUT2D eigenvalue weighted by atomic mass is 10.2. The molecule has 1 fully saturated rings. The molecule has 1 atom stereocenters. The zero-order valence-corrected chi connectivity index (χ0v) is 13.0. The standard InChI is InChI=1S/C14H15N5O3S/c20-14(10-2-1-6-15-8-10)17-13-4-3-12(18-19-13)16-11-5-7-23(21,22)9-11/h1-4,6,8,11H,5,7,9H2,(H,16,18)(H,17,19,20). The minimum atomic E-state index is -2.94. The summed E-state index contributed by atoms with van der Waals surface area (Å²) in [7, 11) is -2.94. The van der Waals surface area contributed by atoms with Crippen LogP contribution in [0.25, 0.3) is 0 Å². The van der Waals surface area contributed by atoms with Crippen LogP contribution in [-0.4, -0.2) is 47.1 Å². The summed E-state index contributed by atoms with van der Waals surface area (Å²) in [5, 5.41) is 13.5. The van der Waals surface area contributed by atoms with Crippen LogP contribution >= 0.6 is 0 Å². The van der Waals surface area contributed by atoms with Crippen LogP contribution in [0.1, 0.15) is 16.8 Å². The highest BCUT2D eigenvalue weighted by atomic mass is 32.2. The van der Waals surface area contributed by atoms with Crippen molar-refractivity contribution in [1.82, 2.24) is 15.2 Å². The van der Waals surface area contributed by atoms with Gasteiger partial charge in [0.15, 0.2) is 15.7 Å². The molecule has 9 heteroatoms. The Morgan fingerprint density at radius 1 is 1.17 bits per heavy atom. The van der Waals surface area contributed by atoms with Crippen molar-refractivity contribution in [3.05, 3.63) is 42.2 Å². The van der Waals surface area contributed by atoms with Crippen LogP contribution in [0.15, 0.2) is 36.7 Å². The Bertz CT molecular complexity index is 793. The fourth-order valence-corrected chi connectivity index (χ4v) is 3.95. The molecule has 120 valence electrons. The Morgan fingerprint density at radius 3 is 2.57 bits per heavy atom. The van der Waals surface area contributed by atoms with Crippen LogP contribution in [0.5, 0.6) is 0 Å². The quantitative estimate of drug-likeness (QED) is 0.847. The number of nitrogens with zero attached hydrogens (tertiary/aromatic N) is 3. The first-order chi connectivity index (χ1) is 11.0. The minimum Gasteiger partial charge on any atom is -0.365 e. The fraction of sp³-hybridized carbons (Fsp3) is 0.286. The Balaban J connectivity index is 1.60. The molecule has 1 unspecified atom stereocenters. The lowest BCUT2D eigenvalue weighted by molar-refractivity contribution is 0.102. The van der Waals surface area contributed by atoms with Gasteiger partial charge in [-0.1, -0.05) is 0 Å². The predicted octanol–water partition coefficient (Wildman–Crippen LogP) is 0.723. The Kier molecular flexibility index (Phi) is 4.20. The van der Waals surface area contributed by atoms with Crippen LogP contribution in [0.3, 0.4) is 0 Å². The molecule has 1 saturated heterocycles. The first-order valence-corrected chi connectivity index (χ1v) is 8.86. The number of anilines is 2. The second-order valence-corrected chi connectivity index (χ2v) is 7.47. The van der Waals surface area contributed by atoms with Gasteiger partial charge in [0.2, 0.25) is 0 Å². The van der Waals surface area contributed by atoms with Gasteiger partial charge in [-0.3, -0.25) is 9.78 Å². The molecule has 23 heavy (non-hydrogen) atoms. The normalized spacial score (nSPS) is 19.2. The highest BCUT2D eigenvalue weighted by molar-refractivity contribution is 7.91. The van der Waals surface area contributed by atoms with Gasteiger partial charge in [0.05, 0.1) is 17.1 Å². The van der Waals surface area contributed by atoms with Crippen molar-refractivity contribution in [2.75, 3.05) is 22.1 Å². The Labute approximate surface area is 133 Å². The van der Waals surface area contributed by atoms with Crippen LogP contribution in [0.4, 0.5) is 11.6 Å². The van der Waals surface area contributed by atoms with Gasteiger partial charge in [0.1, 0.15) is 5.82 Å². The van der Waals surface area contributed by atoms with Gasteiger partial charge in [-0.05, 0) is 30.7 Å². The average Bonchev–Trinajstić information content (AvgIpc) is 2.89. The second kappa shape index (κ2) is 6.29. The maximum Gasteiger partial charge on any atom is 0.258 e. The van der Waals surface area contributed by atoms with Crippen molar-refractivity contribution in [3.63, 3.8) is 0 Å². The molecule has 3 rings (SSSR count). The van der Waals surface area contributed by atoms with Gasteiger partial charge in [-0.2, -0.15) is 0 Å². The number of amides is 1. The minimum absolute atomic E-state index is 0.105. The van der Waals surface area contributed by atoms with E-state index in [0.717, 1.165) is 0 Å². The fourth-order valence-electron chi connectivity index (χ4n) is 2.28. The Hall–Kier alpha value is -2.55. The third-order valence-corrected chi connectivity index (χ3v) is 5.18. The van der Waals surface area contributed by atoms with Crippen LogP contribution in [-0.2, 0) is 9.84 Å². The lowest BCUT2D eigenvalue weighted by Crippen LogP contribution is -2.21. The third-order valence-electron chi connectivity index (χ3n) is 3.41. The molecule has 0 radical (unpaired) electrons. The number of aromatic nitrogens is 3. The second-order valence-electron chi connectivity index (χ2n) is 5.24. The summed E-state index contributed by atoms with van der Waals surface area (Å²) in [5.74, 6) is 0.760. The summed E-state index contributed by atoms with van der Waals surface area (Å²) in [6.45, 7) is 0. The summed E-state index contributed by atoms with van der Waals surface area (Å²) in [5.41, 5.74) is 0.424. The first kappa shape index (κ1) is 15.3. The van der Waals surface area contributed by atoms with Crippen LogP contribution in [0.2, 0.25) is 0 Å². The van der Waals surface area contributed by atoms with Gasteiger partial charge >= 0.3 is 0 Å². The van der Waals surface area contributed by atoms with E-state index in [1.54, 1.807) is 30.5 Å². The van der Waals surface area contributed by atoms with E-state index < -0.39 is 9.84 Å². The van der Waals surface area contributed by atoms with Gasteiger partial charge < -0.3 is 10.6 Å². The number of carbonyl (C=O) groups excluding carboxylic acids is 1. The Morgan fingerprint density at radius 2 is 1.96 bits per heavy atom. The molecule has 2 N–H and O–H groups in total. The molecule has 0 bridgehead atoms. The summed E-state index contributed by atoms with van der Waals surface area (Å²) >= 11 is 0. The van der Waals surface area contributed by atoms with E-state index in [9.17, 15) is 13.2 Å². The number of rotatable bonds is 4. The molecular formula is C14H15N5O3S. The lowest BCUT2D eigenvalue weighted by Gasteiger charge is -2.11. The number of sulfone groups is 1. The molecule has 1 amide bonds. The molecular weight excluding hydrogens is 318 g/mol. The smallest absolute Gasteiger partial charge is 0.258 e. The molecule has 0 aromatic carbocycles.